The van der Waals surface area contributed by atoms with Gasteiger partial charge in [-0.25, -0.2) is 0 Å². The van der Waals surface area contributed by atoms with Crippen molar-refractivity contribution in [2.45, 2.75) is 26.4 Å². The van der Waals surface area contributed by atoms with Gasteiger partial charge in [0.15, 0.2) is 11.5 Å². The van der Waals surface area contributed by atoms with Crippen molar-refractivity contribution in [3.8, 4) is 11.5 Å². The van der Waals surface area contributed by atoms with Gasteiger partial charge >= 0.3 is 0 Å². The molecule has 2 aromatic carbocycles. The molecule has 0 aromatic heterocycles. The summed E-state index contributed by atoms with van der Waals surface area (Å²) in [5.41, 5.74) is 2.51. The summed E-state index contributed by atoms with van der Waals surface area (Å²) < 4.78 is 11.0. The molecule has 0 atom stereocenters. The number of methoxy groups -OCH3 is 1. The van der Waals surface area contributed by atoms with Gasteiger partial charge in [-0.3, -0.25) is 0 Å². The highest BCUT2D eigenvalue weighted by molar-refractivity contribution is 5.39. The summed E-state index contributed by atoms with van der Waals surface area (Å²) in [6.07, 6.45) is 0. The van der Waals surface area contributed by atoms with Gasteiger partial charge in [-0.15, -0.1) is 0 Å². The molecule has 0 fully saturated rings. The number of para-hydroxylation sites is 2. The van der Waals surface area contributed by atoms with Crippen LogP contribution in [-0.4, -0.2) is 7.11 Å². The van der Waals surface area contributed by atoms with Gasteiger partial charge in [0, 0.05) is 0 Å². The van der Waals surface area contributed by atoms with E-state index in [0.717, 1.165) is 17.1 Å². The molecule has 0 radical (unpaired) electrons. The van der Waals surface area contributed by atoms with E-state index in [1.165, 1.54) is 5.56 Å². The minimum absolute atomic E-state index is 0.554. The molecular weight excluding hydrogens is 236 g/mol. The number of benzene rings is 2. The summed E-state index contributed by atoms with van der Waals surface area (Å²) in [6, 6.07) is 16.2. The molecule has 100 valence electrons. The van der Waals surface area contributed by atoms with Crippen molar-refractivity contribution in [2.24, 2.45) is 0 Å². The summed E-state index contributed by atoms with van der Waals surface area (Å²) in [5.74, 6) is 2.10. The van der Waals surface area contributed by atoms with Gasteiger partial charge in [0.05, 0.1) is 7.11 Å². The highest BCUT2D eigenvalue weighted by Crippen LogP contribution is 2.26. The van der Waals surface area contributed by atoms with Gasteiger partial charge in [0.2, 0.25) is 0 Å². The largest absolute Gasteiger partial charge is 0.493 e. The minimum Gasteiger partial charge on any atom is -0.493 e. The van der Waals surface area contributed by atoms with Crippen LogP contribution >= 0.6 is 0 Å². The van der Waals surface area contributed by atoms with Crippen LogP contribution in [0.15, 0.2) is 48.5 Å². The maximum absolute atomic E-state index is 5.79. The average Bonchev–Trinajstić information content (AvgIpc) is 2.45. The van der Waals surface area contributed by atoms with E-state index in [0.29, 0.717) is 12.5 Å². The summed E-state index contributed by atoms with van der Waals surface area (Å²) in [4.78, 5) is 0. The Balaban J connectivity index is 2.02. The molecule has 0 amide bonds. The lowest BCUT2D eigenvalue weighted by Crippen LogP contribution is -1.98. The molecule has 2 rings (SSSR count). The minimum atomic E-state index is 0.554. The van der Waals surface area contributed by atoms with Crippen molar-refractivity contribution in [3.05, 3.63) is 59.7 Å². The maximum Gasteiger partial charge on any atom is 0.161 e. The van der Waals surface area contributed by atoms with Crippen molar-refractivity contribution < 1.29 is 9.47 Å². The van der Waals surface area contributed by atoms with Crippen molar-refractivity contribution in [3.63, 3.8) is 0 Å². The Morgan fingerprint density at radius 1 is 0.895 bits per heavy atom. The first-order valence-electron chi connectivity index (χ1n) is 6.55. The lowest BCUT2D eigenvalue weighted by Gasteiger charge is -2.11. The van der Waals surface area contributed by atoms with Crippen LogP contribution in [0.4, 0.5) is 0 Å². The second-order valence-electron chi connectivity index (χ2n) is 4.84. The maximum atomic E-state index is 5.79. The molecule has 0 saturated heterocycles. The lowest BCUT2D eigenvalue weighted by molar-refractivity contribution is 0.284. The van der Waals surface area contributed by atoms with E-state index in [1.54, 1.807) is 7.11 Å². The van der Waals surface area contributed by atoms with Crippen molar-refractivity contribution in [1.82, 2.24) is 0 Å². The fourth-order valence-corrected chi connectivity index (χ4v) is 1.90. The van der Waals surface area contributed by atoms with Crippen molar-refractivity contribution in [2.75, 3.05) is 7.11 Å². The predicted molar refractivity (Wildman–Crippen MR) is 77.9 cm³/mol. The molecule has 0 spiro atoms. The van der Waals surface area contributed by atoms with Crippen molar-refractivity contribution >= 4 is 0 Å². The van der Waals surface area contributed by atoms with Crippen molar-refractivity contribution in [1.29, 1.82) is 0 Å². The van der Waals surface area contributed by atoms with Gasteiger partial charge in [-0.05, 0) is 29.2 Å². The van der Waals surface area contributed by atoms with E-state index < -0.39 is 0 Å². The second-order valence-corrected chi connectivity index (χ2v) is 4.84. The van der Waals surface area contributed by atoms with E-state index in [4.69, 9.17) is 9.47 Å². The summed E-state index contributed by atoms with van der Waals surface area (Å²) in [6.45, 7) is 4.94. The van der Waals surface area contributed by atoms with Gasteiger partial charge in [-0.2, -0.15) is 0 Å². The zero-order valence-electron chi connectivity index (χ0n) is 11.7. The number of hydrogen-bond acceptors (Lipinski definition) is 2. The summed E-state index contributed by atoms with van der Waals surface area (Å²) >= 11 is 0. The first kappa shape index (κ1) is 13.5. The summed E-state index contributed by atoms with van der Waals surface area (Å²) in [5, 5.41) is 0. The fourth-order valence-electron chi connectivity index (χ4n) is 1.90. The molecular formula is C17H20O2. The molecule has 2 nitrogen and oxygen atoms in total. The zero-order chi connectivity index (χ0) is 13.7. The van der Waals surface area contributed by atoms with Gasteiger partial charge in [0.1, 0.15) is 6.61 Å². The standard InChI is InChI=1S/C17H20O2/c1-13(2)15-10-8-14(9-11-15)12-19-17-7-5-4-6-16(17)18-3/h4-11,13H,12H2,1-3H3. The molecule has 2 heteroatoms. The third kappa shape index (κ3) is 3.50. The first-order chi connectivity index (χ1) is 9.20. The summed E-state index contributed by atoms with van der Waals surface area (Å²) in [7, 11) is 1.65. The molecule has 19 heavy (non-hydrogen) atoms. The molecule has 0 aliphatic carbocycles. The predicted octanol–water partition coefficient (Wildman–Crippen LogP) is 4.40. The first-order valence-corrected chi connectivity index (χ1v) is 6.55. The molecule has 0 heterocycles. The van der Waals surface area contributed by atoms with Crippen LogP contribution in [0.5, 0.6) is 11.5 Å². The van der Waals surface area contributed by atoms with E-state index in [-0.39, 0.29) is 0 Å². The van der Waals surface area contributed by atoms with Crippen LogP contribution in [0.25, 0.3) is 0 Å². The smallest absolute Gasteiger partial charge is 0.161 e. The van der Waals surface area contributed by atoms with Crippen LogP contribution in [0.3, 0.4) is 0 Å². The Morgan fingerprint density at radius 3 is 2.11 bits per heavy atom. The monoisotopic (exact) mass is 256 g/mol. The molecule has 0 aliphatic rings. The normalized spacial score (nSPS) is 10.5. The number of hydrogen-bond donors (Lipinski definition) is 0. The SMILES string of the molecule is COc1ccccc1OCc1ccc(C(C)C)cc1. The molecule has 0 saturated carbocycles. The van der Waals surface area contributed by atoms with E-state index in [1.807, 2.05) is 24.3 Å². The second kappa shape index (κ2) is 6.28. The van der Waals surface area contributed by atoms with E-state index >= 15 is 0 Å². The Labute approximate surface area is 115 Å². The van der Waals surface area contributed by atoms with Gasteiger partial charge in [-0.1, -0.05) is 50.2 Å². The highest BCUT2D eigenvalue weighted by atomic mass is 16.5. The van der Waals surface area contributed by atoms with E-state index in [9.17, 15) is 0 Å². The zero-order valence-corrected chi connectivity index (χ0v) is 11.7. The Morgan fingerprint density at radius 2 is 1.53 bits per heavy atom. The van der Waals surface area contributed by atoms with Crippen LogP contribution in [0, 0.1) is 0 Å². The molecule has 0 aliphatic heterocycles. The topological polar surface area (TPSA) is 18.5 Å². The molecule has 0 unspecified atom stereocenters. The Bertz CT molecular complexity index is 515. The van der Waals surface area contributed by atoms with Crippen LogP contribution < -0.4 is 9.47 Å². The quantitative estimate of drug-likeness (QED) is 0.789. The Kier molecular flexibility index (Phi) is 4.45. The Hall–Kier alpha value is -1.96. The molecule has 2 aromatic rings. The van der Waals surface area contributed by atoms with Crippen LogP contribution in [0.2, 0.25) is 0 Å². The average molecular weight is 256 g/mol. The lowest BCUT2D eigenvalue weighted by atomic mass is 10.0. The molecule has 0 N–H and O–H groups in total. The third-order valence-corrected chi connectivity index (χ3v) is 3.11. The van der Waals surface area contributed by atoms with Gasteiger partial charge < -0.3 is 9.47 Å². The van der Waals surface area contributed by atoms with E-state index in [2.05, 4.69) is 38.1 Å². The third-order valence-electron chi connectivity index (χ3n) is 3.11. The van der Waals surface area contributed by atoms with Gasteiger partial charge in [0.25, 0.3) is 0 Å². The fraction of sp³-hybridized carbons (Fsp3) is 0.294. The van der Waals surface area contributed by atoms with Crippen LogP contribution in [0.1, 0.15) is 30.9 Å². The number of ether oxygens (including phenoxy) is 2. The van der Waals surface area contributed by atoms with Crippen LogP contribution in [-0.2, 0) is 6.61 Å². The number of rotatable bonds is 5. The highest BCUT2D eigenvalue weighted by Gasteiger charge is 2.03. The molecule has 0 bridgehead atoms.